The van der Waals surface area contributed by atoms with Crippen molar-refractivity contribution in [1.29, 1.82) is 0 Å². The summed E-state index contributed by atoms with van der Waals surface area (Å²) in [5.74, 6) is 2.04. The van der Waals surface area contributed by atoms with Gasteiger partial charge in [-0.25, -0.2) is 0 Å². The van der Waals surface area contributed by atoms with E-state index >= 15 is 0 Å². The third-order valence-electron chi connectivity index (χ3n) is 5.53. The summed E-state index contributed by atoms with van der Waals surface area (Å²) in [6, 6.07) is 14.4. The number of nitrogens with one attached hydrogen (secondary N) is 1. The second kappa shape index (κ2) is 9.68. The number of aryl methyl sites for hydroxylation is 1. The molecule has 1 saturated heterocycles. The van der Waals surface area contributed by atoms with Gasteiger partial charge in [0.05, 0.1) is 7.11 Å². The Hall–Kier alpha value is -2.69. The van der Waals surface area contributed by atoms with Crippen molar-refractivity contribution in [2.24, 2.45) is 0 Å². The Labute approximate surface area is 174 Å². The van der Waals surface area contributed by atoms with E-state index in [9.17, 15) is 4.79 Å². The molecule has 1 aliphatic heterocycles. The fraction of sp³-hybridized carbons (Fsp3) is 0.458. The number of amides is 1. The van der Waals surface area contributed by atoms with Crippen LogP contribution in [-0.4, -0.2) is 38.8 Å². The maximum absolute atomic E-state index is 12.3. The molecule has 1 N–H and O–H groups in total. The van der Waals surface area contributed by atoms with Gasteiger partial charge < -0.3 is 19.7 Å². The van der Waals surface area contributed by atoms with Crippen molar-refractivity contribution in [2.75, 3.05) is 31.7 Å². The summed E-state index contributed by atoms with van der Waals surface area (Å²) in [6.07, 6.45) is 1.86. The molecule has 2 aromatic rings. The lowest BCUT2D eigenvalue weighted by Crippen LogP contribution is -2.46. The number of rotatable bonds is 7. The van der Waals surface area contributed by atoms with Crippen LogP contribution in [0.1, 0.15) is 43.7 Å². The number of piperidine rings is 1. The zero-order chi connectivity index (χ0) is 20.8. The van der Waals surface area contributed by atoms with E-state index in [1.165, 1.54) is 16.8 Å². The van der Waals surface area contributed by atoms with Gasteiger partial charge in [0.1, 0.15) is 11.5 Å². The van der Waals surface area contributed by atoms with E-state index in [0.717, 1.165) is 37.4 Å². The van der Waals surface area contributed by atoms with Crippen LogP contribution in [0, 0.1) is 6.92 Å². The molecule has 0 unspecified atom stereocenters. The van der Waals surface area contributed by atoms with Gasteiger partial charge in [-0.15, -0.1) is 0 Å². The molecule has 29 heavy (non-hydrogen) atoms. The van der Waals surface area contributed by atoms with Crippen molar-refractivity contribution >= 4 is 11.6 Å². The minimum absolute atomic E-state index is 0.0547. The average Bonchev–Trinajstić information content (AvgIpc) is 2.73. The maximum atomic E-state index is 12.3. The van der Waals surface area contributed by atoms with E-state index in [4.69, 9.17) is 9.47 Å². The van der Waals surface area contributed by atoms with Crippen LogP contribution in [0.15, 0.2) is 42.5 Å². The normalized spacial score (nSPS) is 14.7. The summed E-state index contributed by atoms with van der Waals surface area (Å²) in [4.78, 5) is 14.6. The summed E-state index contributed by atoms with van der Waals surface area (Å²) in [7, 11) is 1.68. The number of benzene rings is 2. The van der Waals surface area contributed by atoms with E-state index < -0.39 is 0 Å². The van der Waals surface area contributed by atoms with Gasteiger partial charge in [0, 0.05) is 24.8 Å². The minimum Gasteiger partial charge on any atom is -0.497 e. The zero-order valence-corrected chi connectivity index (χ0v) is 17.9. The smallest absolute Gasteiger partial charge is 0.258 e. The largest absolute Gasteiger partial charge is 0.497 e. The first-order valence-corrected chi connectivity index (χ1v) is 10.4. The molecule has 0 aromatic heterocycles. The van der Waals surface area contributed by atoms with Gasteiger partial charge >= 0.3 is 0 Å². The van der Waals surface area contributed by atoms with E-state index in [1.807, 2.05) is 24.3 Å². The highest BCUT2D eigenvalue weighted by molar-refractivity contribution is 5.77. The van der Waals surface area contributed by atoms with Crippen molar-refractivity contribution in [1.82, 2.24) is 5.32 Å². The highest BCUT2D eigenvalue weighted by atomic mass is 16.5. The van der Waals surface area contributed by atoms with Crippen LogP contribution in [0.2, 0.25) is 0 Å². The highest BCUT2D eigenvalue weighted by Crippen LogP contribution is 2.24. The molecule has 0 atom stereocenters. The number of carbonyl (C=O) groups is 1. The SMILES string of the molecule is COc1ccc(N2CCC(NC(=O)COc3ccc(C(C)C)c(C)c3)CC2)cc1. The summed E-state index contributed by atoms with van der Waals surface area (Å²) >= 11 is 0. The Kier molecular flexibility index (Phi) is 7.02. The quantitative estimate of drug-likeness (QED) is 0.758. The number of methoxy groups -OCH3 is 1. The second-order valence-corrected chi connectivity index (χ2v) is 7.99. The van der Waals surface area contributed by atoms with Gasteiger partial charge in [-0.1, -0.05) is 19.9 Å². The lowest BCUT2D eigenvalue weighted by molar-refractivity contribution is -0.123. The molecule has 0 saturated carbocycles. The van der Waals surface area contributed by atoms with E-state index in [2.05, 4.69) is 49.2 Å². The molecule has 0 spiro atoms. The molecule has 5 nitrogen and oxygen atoms in total. The van der Waals surface area contributed by atoms with Gasteiger partial charge in [0.2, 0.25) is 0 Å². The second-order valence-electron chi connectivity index (χ2n) is 7.99. The minimum atomic E-state index is -0.0570. The molecule has 1 fully saturated rings. The molecular weight excluding hydrogens is 364 g/mol. The van der Waals surface area contributed by atoms with Crippen molar-refractivity contribution < 1.29 is 14.3 Å². The Morgan fingerprint density at radius 2 is 1.76 bits per heavy atom. The van der Waals surface area contributed by atoms with E-state index in [-0.39, 0.29) is 18.6 Å². The van der Waals surface area contributed by atoms with Crippen LogP contribution < -0.4 is 19.7 Å². The fourth-order valence-corrected chi connectivity index (χ4v) is 3.88. The number of carbonyl (C=O) groups excluding carboxylic acids is 1. The van der Waals surface area contributed by atoms with Gasteiger partial charge in [0.25, 0.3) is 5.91 Å². The zero-order valence-electron chi connectivity index (χ0n) is 17.9. The number of hydrogen-bond acceptors (Lipinski definition) is 4. The lowest BCUT2D eigenvalue weighted by atomic mass is 9.98. The molecule has 156 valence electrons. The van der Waals surface area contributed by atoms with Crippen molar-refractivity contribution in [3.05, 3.63) is 53.6 Å². The molecule has 1 amide bonds. The predicted octanol–water partition coefficient (Wildman–Crippen LogP) is 4.29. The summed E-state index contributed by atoms with van der Waals surface area (Å²) in [6.45, 7) is 8.34. The molecule has 0 radical (unpaired) electrons. The third-order valence-corrected chi connectivity index (χ3v) is 5.53. The standard InChI is InChI=1S/C24H32N2O3/c1-17(2)23-10-9-22(15-18(23)3)29-16-24(27)25-19-11-13-26(14-12-19)20-5-7-21(28-4)8-6-20/h5-10,15,17,19H,11-14,16H2,1-4H3,(H,25,27). The molecular formula is C24H32N2O3. The molecule has 2 aromatic carbocycles. The van der Waals surface area contributed by atoms with Crippen molar-refractivity contribution in [3.63, 3.8) is 0 Å². The Morgan fingerprint density at radius 3 is 2.34 bits per heavy atom. The van der Waals surface area contributed by atoms with Crippen LogP contribution in [-0.2, 0) is 4.79 Å². The van der Waals surface area contributed by atoms with Crippen LogP contribution in [0.5, 0.6) is 11.5 Å². The topological polar surface area (TPSA) is 50.8 Å². The summed E-state index contributed by atoms with van der Waals surface area (Å²) in [5.41, 5.74) is 3.70. The van der Waals surface area contributed by atoms with Crippen LogP contribution >= 0.6 is 0 Å². The average molecular weight is 397 g/mol. The van der Waals surface area contributed by atoms with Crippen molar-refractivity contribution in [3.8, 4) is 11.5 Å². The molecule has 0 bridgehead atoms. The van der Waals surface area contributed by atoms with Crippen LogP contribution in [0.3, 0.4) is 0 Å². The maximum Gasteiger partial charge on any atom is 0.258 e. The molecule has 3 rings (SSSR count). The van der Waals surface area contributed by atoms with E-state index in [1.54, 1.807) is 7.11 Å². The summed E-state index contributed by atoms with van der Waals surface area (Å²) < 4.78 is 10.9. The molecule has 1 aliphatic rings. The monoisotopic (exact) mass is 396 g/mol. The fourth-order valence-electron chi connectivity index (χ4n) is 3.88. The first-order chi connectivity index (χ1) is 14.0. The lowest BCUT2D eigenvalue weighted by Gasteiger charge is -2.34. The van der Waals surface area contributed by atoms with Gasteiger partial charge in [-0.2, -0.15) is 0 Å². The first kappa shape index (κ1) is 21.0. The number of hydrogen-bond donors (Lipinski definition) is 1. The predicted molar refractivity (Wildman–Crippen MR) is 117 cm³/mol. The Bertz CT molecular complexity index is 809. The number of nitrogens with zero attached hydrogens (tertiary/aromatic N) is 1. The van der Waals surface area contributed by atoms with Gasteiger partial charge in [-0.3, -0.25) is 4.79 Å². The van der Waals surface area contributed by atoms with Gasteiger partial charge in [-0.05, 0) is 73.2 Å². The third kappa shape index (κ3) is 5.66. The summed E-state index contributed by atoms with van der Waals surface area (Å²) in [5, 5.41) is 3.11. The van der Waals surface area contributed by atoms with E-state index in [0.29, 0.717) is 5.92 Å². The molecule has 1 heterocycles. The molecule has 0 aliphatic carbocycles. The number of anilines is 1. The van der Waals surface area contributed by atoms with Gasteiger partial charge in [0.15, 0.2) is 6.61 Å². The Balaban J connectivity index is 1.43. The van der Waals surface area contributed by atoms with Crippen LogP contribution in [0.25, 0.3) is 0 Å². The highest BCUT2D eigenvalue weighted by Gasteiger charge is 2.21. The Morgan fingerprint density at radius 1 is 1.10 bits per heavy atom. The molecule has 5 heteroatoms. The number of ether oxygens (including phenoxy) is 2. The van der Waals surface area contributed by atoms with Crippen molar-refractivity contribution in [2.45, 2.75) is 45.6 Å². The van der Waals surface area contributed by atoms with Crippen LogP contribution in [0.4, 0.5) is 5.69 Å². The first-order valence-electron chi connectivity index (χ1n) is 10.4.